The van der Waals surface area contributed by atoms with Gasteiger partial charge in [0, 0.05) is 6.54 Å². The van der Waals surface area contributed by atoms with Gasteiger partial charge in [-0.3, -0.25) is 4.79 Å². The zero-order valence-corrected chi connectivity index (χ0v) is 13.3. The number of hydrogen-bond donors (Lipinski definition) is 0. The van der Waals surface area contributed by atoms with Gasteiger partial charge in [-0.05, 0) is 30.2 Å². The molecule has 0 atom stereocenters. The summed E-state index contributed by atoms with van der Waals surface area (Å²) in [4.78, 5) is 19.2. The van der Waals surface area contributed by atoms with Gasteiger partial charge in [-0.15, -0.1) is 0 Å². The lowest BCUT2D eigenvalue weighted by atomic mass is 9.97. The van der Waals surface area contributed by atoms with Gasteiger partial charge in [0.05, 0.1) is 18.7 Å². The van der Waals surface area contributed by atoms with E-state index in [0.717, 1.165) is 27.7 Å². The summed E-state index contributed by atoms with van der Waals surface area (Å²) in [5, 5.41) is 6.30. The lowest BCUT2D eigenvalue weighted by molar-refractivity contribution is 0.0704. The van der Waals surface area contributed by atoms with Gasteiger partial charge >= 0.3 is 0 Å². The van der Waals surface area contributed by atoms with Crippen LogP contribution in [0.4, 0.5) is 0 Å². The molecule has 0 saturated carbocycles. The minimum Gasteiger partial charge on any atom is -0.329 e. The first kappa shape index (κ1) is 13.9. The second-order valence-electron chi connectivity index (χ2n) is 6.11. The molecule has 3 aromatic rings. The first-order chi connectivity index (χ1) is 11.1. The third-order valence-electron chi connectivity index (χ3n) is 4.49. The fourth-order valence-electron chi connectivity index (χ4n) is 3.24. The summed E-state index contributed by atoms with van der Waals surface area (Å²) in [5.74, 6) is 0.921. The van der Waals surface area contributed by atoms with Crippen molar-refractivity contribution < 1.29 is 4.79 Å². The average Bonchev–Trinajstić information content (AvgIpc) is 3.02. The third-order valence-corrected chi connectivity index (χ3v) is 4.49. The Bertz CT molecular complexity index is 913. The molecule has 0 spiro atoms. The highest BCUT2D eigenvalue weighted by Gasteiger charge is 2.25. The summed E-state index contributed by atoms with van der Waals surface area (Å²) in [5.41, 5.74) is 3.01. The van der Waals surface area contributed by atoms with E-state index < -0.39 is 0 Å². The molecule has 0 N–H and O–H groups in total. The van der Waals surface area contributed by atoms with E-state index in [2.05, 4.69) is 41.3 Å². The first-order valence-electron chi connectivity index (χ1n) is 7.79. The Morgan fingerprint density at radius 1 is 1.13 bits per heavy atom. The number of hydrogen-bond acceptors (Lipinski definition) is 3. The van der Waals surface area contributed by atoms with Crippen molar-refractivity contribution >= 4 is 16.7 Å². The van der Waals surface area contributed by atoms with Gasteiger partial charge in [0.25, 0.3) is 5.91 Å². The summed E-state index contributed by atoms with van der Waals surface area (Å²) < 4.78 is 1.86. The smallest absolute Gasteiger partial charge is 0.255 e. The molecule has 116 valence electrons. The van der Waals surface area contributed by atoms with Crippen molar-refractivity contribution in [2.24, 2.45) is 0 Å². The Morgan fingerprint density at radius 3 is 2.87 bits per heavy atom. The molecule has 2 aromatic carbocycles. The maximum atomic E-state index is 13.1. The molecule has 1 aromatic heterocycles. The Balaban J connectivity index is 1.77. The van der Waals surface area contributed by atoms with Crippen LogP contribution in [0.5, 0.6) is 0 Å². The minimum absolute atomic E-state index is 0.0752. The zero-order chi connectivity index (χ0) is 16.0. The van der Waals surface area contributed by atoms with Gasteiger partial charge in [0.1, 0.15) is 12.2 Å². The van der Waals surface area contributed by atoms with Crippen LogP contribution < -0.4 is 0 Å². The minimum atomic E-state index is 0.0752. The molecule has 4 rings (SSSR count). The maximum absolute atomic E-state index is 13.1. The largest absolute Gasteiger partial charge is 0.329 e. The molecule has 23 heavy (non-hydrogen) atoms. The van der Waals surface area contributed by atoms with E-state index in [4.69, 9.17) is 0 Å². The molecule has 0 fully saturated rings. The Labute approximate surface area is 134 Å². The summed E-state index contributed by atoms with van der Waals surface area (Å²) in [6.45, 7) is 5.94. The van der Waals surface area contributed by atoms with Crippen molar-refractivity contribution in [3.8, 4) is 0 Å². The topological polar surface area (TPSA) is 51.0 Å². The first-order valence-corrected chi connectivity index (χ1v) is 7.79. The number of rotatable bonds is 1. The molecule has 2 heterocycles. The van der Waals surface area contributed by atoms with E-state index >= 15 is 0 Å². The maximum Gasteiger partial charge on any atom is 0.255 e. The molecular formula is C18H18N4O. The van der Waals surface area contributed by atoms with Crippen LogP contribution in [0.3, 0.4) is 0 Å². The molecule has 0 radical (unpaired) electrons. The van der Waals surface area contributed by atoms with Crippen molar-refractivity contribution in [3.05, 3.63) is 59.2 Å². The standard InChI is InChI=1S/C18H18N4O/c1-12-3-6-15-14(9-12)5-4-13(2)17(15)18(23)21-7-8-22-16(10-21)19-11-20-22/h3-6,9,11H,7-8,10H2,1-2H3. The van der Waals surface area contributed by atoms with Crippen molar-refractivity contribution in [2.75, 3.05) is 6.54 Å². The second-order valence-corrected chi connectivity index (χ2v) is 6.11. The molecular weight excluding hydrogens is 288 g/mol. The summed E-state index contributed by atoms with van der Waals surface area (Å²) in [6, 6.07) is 10.4. The Morgan fingerprint density at radius 2 is 2.00 bits per heavy atom. The van der Waals surface area contributed by atoms with Crippen LogP contribution >= 0.6 is 0 Å². The highest BCUT2D eigenvalue weighted by molar-refractivity contribution is 6.08. The van der Waals surface area contributed by atoms with Crippen LogP contribution in [0, 0.1) is 13.8 Å². The van der Waals surface area contributed by atoms with Crippen LogP contribution in [0.1, 0.15) is 27.3 Å². The number of nitrogens with zero attached hydrogens (tertiary/aromatic N) is 4. The van der Waals surface area contributed by atoms with E-state index in [1.807, 2.05) is 22.6 Å². The molecule has 1 aliphatic heterocycles. The number of carbonyl (C=O) groups is 1. The van der Waals surface area contributed by atoms with Crippen molar-refractivity contribution in [2.45, 2.75) is 26.9 Å². The van der Waals surface area contributed by atoms with Crippen molar-refractivity contribution in [1.82, 2.24) is 19.7 Å². The van der Waals surface area contributed by atoms with Crippen LogP contribution in [0.15, 0.2) is 36.7 Å². The lowest BCUT2D eigenvalue weighted by Crippen LogP contribution is -2.39. The van der Waals surface area contributed by atoms with Crippen LogP contribution in [-0.4, -0.2) is 32.1 Å². The SMILES string of the molecule is Cc1ccc2c(C(=O)N3CCn4ncnc4C3)c(C)ccc2c1. The van der Waals surface area contributed by atoms with Gasteiger partial charge in [0.15, 0.2) is 0 Å². The van der Waals surface area contributed by atoms with Gasteiger partial charge in [-0.25, -0.2) is 9.67 Å². The summed E-state index contributed by atoms with van der Waals surface area (Å²) in [7, 11) is 0. The Hall–Kier alpha value is -2.69. The molecule has 0 bridgehead atoms. The number of amides is 1. The van der Waals surface area contributed by atoms with Gasteiger partial charge < -0.3 is 4.90 Å². The zero-order valence-electron chi connectivity index (χ0n) is 13.3. The van der Waals surface area contributed by atoms with E-state index in [9.17, 15) is 4.79 Å². The predicted molar refractivity (Wildman–Crippen MR) is 88.2 cm³/mol. The van der Waals surface area contributed by atoms with E-state index in [-0.39, 0.29) is 5.91 Å². The van der Waals surface area contributed by atoms with Gasteiger partial charge in [-0.2, -0.15) is 5.10 Å². The monoisotopic (exact) mass is 306 g/mol. The number of fused-ring (bicyclic) bond motifs is 2. The van der Waals surface area contributed by atoms with Crippen molar-refractivity contribution in [1.29, 1.82) is 0 Å². The van der Waals surface area contributed by atoms with Crippen LogP contribution in [0.2, 0.25) is 0 Å². The molecule has 0 unspecified atom stereocenters. The number of aryl methyl sites for hydroxylation is 2. The third kappa shape index (κ3) is 2.29. The predicted octanol–water partition coefficient (Wildman–Crippen LogP) is 2.70. The van der Waals surface area contributed by atoms with Crippen LogP contribution in [0.25, 0.3) is 10.8 Å². The van der Waals surface area contributed by atoms with E-state index in [1.54, 1.807) is 6.33 Å². The summed E-state index contributed by atoms with van der Waals surface area (Å²) >= 11 is 0. The molecule has 1 aliphatic rings. The lowest BCUT2D eigenvalue weighted by Gasteiger charge is -2.27. The number of carbonyl (C=O) groups excluding carboxylic acids is 1. The van der Waals surface area contributed by atoms with Gasteiger partial charge in [0.2, 0.25) is 0 Å². The summed E-state index contributed by atoms with van der Waals surface area (Å²) in [6.07, 6.45) is 1.55. The highest BCUT2D eigenvalue weighted by atomic mass is 16.2. The number of benzene rings is 2. The Kier molecular flexibility index (Phi) is 3.15. The molecule has 0 saturated heterocycles. The van der Waals surface area contributed by atoms with Gasteiger partial charge in [-0.1, -0.05) is 35.9 Å². The van der Waals surface area contributed by atoms with Crippen molar-refractivity contribution in [3.63, 3.8) is 0 Å². The quantitative estimate of drug-likeness (QED) is 0.694. The second kappa shape index (κ2) is 5.19. The molecule has 5 nitrogen and oxygen atoms in total. The fourth-order valence-corrected chi connectivity index (χ4v) is 3.24. The average molecular weight is 306 g/mol. The molecule has 5 heteroatoms. The van der Waals surface area contributed by atoms with E-state index in [0.29, 0.717) is 19.6 Å². The van der Waals surface area contributed by atoms with Crippen LogP contribution in [-0.2, 0) is 13.1 Å². The number of aromatic nitrogens is 3. The van der Waals surface area contributed by atoms with E-state index in [1.165, 1.54) is 5.56 Å². The highest BCUT2D eigenvalue weighted by Crippen LogP contribution is 2.26. The normalized spacial score (nSPS) is 14.1. The molecule has 0 aliphatic carbocycles. The molecule has 1 amide bonds. The fraction of sp³-hybridized carbons (Fsp3) is 0.278.